The van der Waals surface area contributed by atoms with Crippen molar-refractivity contribution in [2.24, 2.45) is 0 Å². The van der Waals surface area contributed by atoms with Gasteiger partial charge in [-0.05, 0) is 18.9 Å². The van der Waals surface area contributed by atoms with Gasteiger partial charge >= 0.3 is 0 Å². The fourth-order valence-corrected chi connectivity index (χ4v) is 3.54. The van der Waals surface area contributed by atoms with Gasteiger partial charge in [0.1, 0.15) is 6.54 Å². The molecule has 0 radical (unpaired) electrons. The molecular formula is C19H24N4O3. The largest absolute Gasteiger partial charge is 0.354 e. The van der Waals surface area contributed by atoms with Crippen molar-refractivity contribution in [3.05, 3.63) is 40.3 Å². The van der Waals surface area contributed by atoms with Crippen molar-refractivity contribution in [1.29, 1.82) is 0 Å². The highest BCUT2D eigenvalue weighted by Gasteiger charge is 2.23. The highest BCUT2D eigenvalue weighted by Crippen LogP contribution is 2.21. The number of hydrogen-bond acceptors (Lipinski definition) is 4. The Balaban J connectivity index is 1.94. The minimum atomic E-state index is -0.386. The van der Waals surface area contributed by atoms with E-state index in [1.807, 2.05) is 0 Å². The van der Waals surface area contributed by atoms with Crippen molar-refractivity contribution < 1.29 is 9.59 Å². The Morgan fingerprint density at radius 1 is 1.19 bits per heavy atom. The Morgan fingerprint density at radius 3 is 2.50 bits per heavy atom. The molecule has 3 rings (SSSR count). The molecule has 1 saturated carbocycles. The van der Waals surface area contributed by atoms with E-state index >= 15 is 0 Å². The van der Waals surface area contributed by atoms with Crippen molar-refractivity contribution in [2.75, 3.05) is 14.1 Å². The number of carbonyl (C=O) groups is 2. The first-order chi connectivity index (χ1) is 12.5. The molecule has 0 saturated heterocycles. The highest BCUT2D eigenvalue weighted by atomic mass is 16.2. The molecule has 1 heterocycles. The summed E-state index contributed by atoms with van der Waals surface area (Å²) in [4.78, 5) is 39.3. The van der Waals surface area contributed by atoms with Crippen LogP contribution in [0.15, 0.2) is 29.1 Å². The van der Waals surface area contributed by atoms with Crippen LogP contribution in [0.1, 0.15) is 42.6 Å². The van der Waals surface area contributed by atoms with E-state index in [1.165, 1.54) is 13.5 Å². The number of fused-ring (bicyclic) bond motifs is 1. The predicted octanol–water partition coefficient (Wildman–Crippen LogP) is 1.55. The van der Waals surface area contributed by atoms with Crippen LogP contribution >= 0.6 is 0 Å². The molecule has 1 aromatic carbocycles. The Labute approximate surface area is 152 Å². The monoisotopic (exact) mass is 356 g/mol. The zero-order valence-corrected chi connectivity index (χ0v) is 15.2. The van der Waals surface area contributed by atoms with E-state index in [9.17, 15) is 14.4 Å². The van der Waals surface area contributed by atoms with Gasteiger partial charge in [0.25, 0.3) is 11.5 Å². The molecule has 0 bridgehead atoms. The number of amides is 2. The van der Waals surface area contributed by atoms with E-state index in [0.29, 0.717) is 10.8 Å². The minimum Gasteiger partial charge on any atom is -0.354 e. The average Bonchev–Trinajstić information content (AvgIpc) is 2.69. The zero-order valence-electron chi connectivity index (χ0n) is 15.2. The van der Waals surface area contributed by atoms with Crippen LogP contribution in [0.25, 0.3) is 10.8 Å². The molecule has 0 spiro atoms. The van der Waals surface area contributed by atoms with Crippen LogP contribution < -0.4 is 10.9 Å². The van der Waals surface area contributed by atoms with Crippen molar-refractivity contribution in [3.8, 4) is 0 Å². The van der Waals surface area contributed by atoms with Gasteiger partial charge in [0.15, 0.2) is 5.69 Å². The van der Waals surface area contributed by atoms with Gasteiger partial charge < -0.3 is 10.2 Å². The van der Waals surface area contributed by atoms with Crippen LogP contribution in [-0.4, -0.2) is 46.6 Å². The number of hydrogen-bond donors (Lipinski definition) is 1. The number of likely N-dealkylation sites (N-methyl/N-ethyl adjacent to an activating group) is 1. The number of nitrogens with one attached hydrogen (secondary N) is 1. The third-order valence-electron chi connectivity index (χ3n) is 5.11. The smallest absolute Gasteiger partial charge is 0.275 e. The maximum atomic E-state index is 12.7. The van der Waals surface area contributed by atoms with Crippen LogP contribution in [0.5, 0.6) is 0 Å². The summed E-state index contributed by atoms with van der Waals surface area (Å²) in [7, 11) is 3.29. The summed E-state index contributed by atoms with van der Waals surface area (Å²) in [5.41, 5.74) is -0.213. The molecule has 138 valence electrons. The second-order valence-corrected chi connectivity index (χ2v) is 6.73. The third kappa shape index (κ3) is 3.47. The molecule has 1 aliphatic rings. The first kappa shape index (κ1) is 18.1. The predicted molar refractivity (Wildman–Crippen MR) is 99.0 cm³/mol. The van der Waals surface area contributed by atoms with Crippen molar-refractivity contribution >= 4 is 22.6 Å². The molecule has 7 heteroatoms. The van der Waals surface area contributed by atoms with Gasteiger partial charge in [-0.25, -0.2) is 4.68 Å². The second-order valence-electron chi connectivity index (χ2n) is 6.73. The molecule has 1 fully saturated rings. The molecule has 26 heavy (non-hydrogen) atoms. The van der Waals surface area contributed by atoms with Gasteiger partial charge in [0.05, 0.1) is 5.39 Å². The zero-order chi connectivity index (χ0) is 18.7. The van der Waals surface area contributed by atoms with Gasteiger partial charge in [-0.3, -0.25) is 14.4 Å². The van der Waals surface area contributed by atoms with Crippen molar-refractivity contribution in [2.45, 2.75) is 44.7 Å². The summed E-state index contributed by atoms with van der Waals surface area (Å²) in [5.74, 6) is -0.548. The van der Waals surface area contributed by atoms with Crippen molar-refractivity contribution in [3.63, 3.8) is 0 Å². The molecule has 1 aliphatic carbocycles. The van der Waals surface area contributed by atoms with E-state index in [0.717, 1.165) is 30.4 Å². The SMILES string of the molecule is CNC(=O)c1nn(CC(=O)N(C)C2CCCCC2)c(=O)c2ccccc12. The summed E-state index contributed by atoms with van der Waals surface area (Å²) in [5, 5.41) is 7.59. The third-order valence-corrected chi connectivity index (χ3v) is 5.11. The molecule has 1 aromatic heterocycles. The van der Waals surface area contributed by atoms with E-state index in [-0.39, 0.29) is 35.7 Å². The van der Waals surface area contributed by atoms with Gasteiger partial charge in [0, 0.05) is 25.5 Å². The quantitative estimate of drug-likeness (QED) is 0.901. The first-order valence-electron chi connectivity index (χ1n) is 9.00. The van der Waals surface area contributed by atoms with Gasteiger partial charge in [-0.2, -0.15) is 5.10 Å². The van der Waals surface area contributed by atoms with E-state index in [2.05, 4.69) is 10.4 Å². The van der Waals surface area contributed by atoms with Crippen LogP contribution in [0.3, 0.4) is 0 Å². The first-order valence-corrected chi connectivity index (χ1v) is 9.00. The lowest BCUT2D eigenvalue weighted by Crippen LogP contribution is -2.42. The Bertz CT molecular complexity index is 884. The number of nitrogens with zero attached hydrogens (tertiary/aromatic N) is 3. The minimum absolute atomic E-state index is 0.149. The normalized spacial score (nSPS) is 15.0. The fourth-order valence-electron chi connectivity index (χ4n) is 3.54. The average molecular weight is 356 g/mol. The van der Waals surface area contributed by atoms with Gasteiger partial charge in [-0.15, -0.1) is 0 Å². The summed E-state index contributed by atoms with van der Waals surface area (Å²) in [6, 6.07) is 7.04. The van der Waals surface area contributed by atoms with Gasteiger partial charge in [0.2, 0.25) is 5.91 Å². The Kier molecular flexibility index (Phi) is 5.35. The van der Waals surface area contributed by atoms with E-state index in [4.69, 9.17) is 0 Å². The van der Waals surface area contributed by atoms with Crippen LogP contribution in [0.2, 0.25) is 0 Å². The lowest BCUT2D eigenvalue weighted by atomic mass is 9.94. The molecule has 2 amide bonds. The molecule has 0 aliphatic heterocycles. The molecule has 2 aromatic rings. The molecule has 0 unspecified atom stereocenters. The van der Waals surface area contributed by atoms with Crippen LogP contribution in [-0.2, 0) is 11.3 Å². The second kappa shape index (κ2) is 7.68. The Morgan fingerprint density at radius 2 is 1.85 bits per heavy atom. The lowest BCUT2D eigenvalue weighted by Gasteiger charge is -2.31. The number of carbonyl (C=O) groups excluding carboxylic acids is 2. The number of rotatable bonds is 4. The summed E-state index contributed by atoms with van der Waals surface area (Å²) in [6.45, 7) is -0.166. The maximum Gasteiger partial charge on any atom is 0.275 e. The molecule has 1 N–H and O–H groups in total. The van der Waals surface area contributed by atoms with E-state index in [1.54, 1.807) is 36.2 Å². The number of aromatic nitrogens is 2. The topological polar surface area (TPSA) is 84.3 Å². The number of benzene rings is 1. The lowest BCUT2D eigenvalue weighted by molar-refractivity contribution is -0.133. The fraction of sp³-hybridized carbons (Fsp3) is 0.474. The highest BCUT2D eigenvalue weighted by molar-refractivity contribution is 6.04. The van der Waals surface area contributed by atoms with Gasteiger partial charge in [-0.1, -0.05) is 37.5 Å². The van der Waals surface area contributed by atoms with Crippen LogP contribution in [0, 0.1) is 0 Å². The maximum absolute atomic E-state index is 12.7. The van der Waals surface area contributed by atoms with E-state index < -0.39 is 0 Å². The Hall–Kier alpha value is -2.70. The molecule has 7 nitrogen and oxygen atoms in total. The molecule has 0 atom stereocenters. The molecular weight excluding hydrogens is 332 g/mol. The summed E-state index contributed by atoms with van der Waals surface area (Å²) in [6.07, 6.45) is 5.44. The van der Waals surface area contributed by atoms with Crippen molar-refractivity contribution in [1.82, 2.24) is 20.0 Å². The standard InChI is InChI=1S/C19H24N4O3/c1-20-18(25)17-14-10-6-7-11-15(14)19(26)23(21-17)12-16(24)22(2)13-8-4-3-5-9-13/h6-7,10-11,13H,3-5,8-9,12H2,1-2H3,(H,20,25). The van der Waals surface area contributed by atoms with Crippen LogP contribution in [0.4, 0.5) is 0 Å². The summed E-state index contributed by atoms with van der Waals surface area (Å²) < 4.78 is 1.11. The summed E-state index contributed by atoms with van der Waals surface area (Å²) >= 11 is 0.